The summed E-state index contributed by atoms with van der Waals surface area (Å²) >= 11 is 0. The Morgan fingerprint density at radius 1 is 1.50 bits per heavy atom. The minimum atomic E-state index is 0.240. The zero-order valence-electron chi connectivity index (χ0n) is 6.55. The second-order valence-electron chi connectivity index (χ2n) is 2.62. The maximum atomic E-state index is 5.82. The molecule has 10 heavy (non-hydrogen) atoms. The molecular weight excluding hydrogens is 128 g/mol. The van der Waals surface area contributed by atoms with Gasteiger partial charge in [-0.05, 0) is 6.42 Å². The summed E-state index contributed by atoms with van der Waals surface area (Å²) in [5.41, 5.74) is 5.82. The van der Waals surface area contributed by atoms with Crippen molar-refractivity contribution in [1.29, 1.82) is 0 Å². The Balaban J connectivity index is 2.24. The Morgan fingerprint density at radius 3 is 2.60 bits per heavy atom. The van der Waals surface area contributed by atoms with Crippen LogP contribution in [0.1, 0.15) is 13.3 Å². The summed E-state index contributed by atoms with van der Waals surface area (Å²) in [7, 11) is 0. The first-order chi connectivity index (χ1) is 4.84. The number of hydrogen-bond donors (Lipinski definition) is 1. The molecular formula is C7H16N2O. The highest BCUT2D eigenvalue weighted by molar-refractivity contribution is 4.66. The number of nitrogens with zero attached hydrogens (tertiary/aromatic N) is 1. The topological polar surface area (TPSA) is 38.5 Å². The molecule has 3 heteroatoms. The molecule has 0 amide bonds. The average Bonchev–Trinajstić information content (AvgIpc) is 2.05. The van der Waals surface area contributed by atoms with E-state index in [0.29, 0.717) is 0 Å². The molecule has 0 saturated carbocycles. The second kappa shape index (κ2) is 3.91. The number of hydrogen-bond acceptors (Lipinski definition) is 3. The molecule has 3 nitrogen and oxygen atoms in total. The van der Waals surface area contributed by atoms with Crippen molar-refractivity contribution in [2.75, 3.05) is 26.3 Å². The van der Waals surface area contributed by atoms with Crippen LogP contribution in [0.3, 0.4) is 0 Å². The van der Waals surface area contributed by atoms with Crippen molar-refractivity contribution in [3.05, 3.63) is 0 Å². The van der Waals surface area contributed by atoms with Gasteiger partial charge < -0.3 is 10.5 Å². The monoisotopic (exact) mass is 144 g/mol. The van der Waals surface area contributed by atoms with Crippen LogP contribution in [0.5, 0.6) is 0 Å². The van der Waals surface area contributed by atoms with Gasteiger partial charge in [0.2, 0.25) is 0 Å². The van der Waals surface area contributed by atoms with Crippen LogP contribution in [0.25, 0.3) is 0 Å². The van der Waals surface area contributed by atoms with Gasteiger partial charge in [-0.2, -0.15) is 0 Å². The summed E-state index contributed by atoms with van der Waals surface area (Å²) < 4.78 is 5.20. The van der Waals surface area contributed by atoms with Crippen molar-refractivity contribution >= 4 is 0 Å². The summed E-state index contributed by atoms with van der Waals surface area (Å²) in [6.45, 7) is 5.78. The Bertz CT molecular complexity index is 91.6. The Morgan fingerprint density at radius 2 is 2.10 bits per heavy atom. The van der Waals surface area contributed by atoms with Gasteiger partial charge >= 0.3 is 0 Å². The fourth-order valence-corrected chi connectivity index (χ4v) is 1.17. The van der Waals surface area contributed by atoms with E-state index in [4.69, 9.17) is 10.5 Å². The van der Waals surface area contributed by atoms with Crippen LogP contribution in [-0.2, 0) is 4.74 Å². The molecule has 0 spiro atoms. The summed E-state index contributed by atoms with van der Waals surface area (Å²) in [6.07, 6.45) is 1.27. The highest BCUT2D eigenvalue weighted by Gasteiger charge is 2.14. The van der Waals surface area contributed by atoms with Gasteiger partial charge in [-0.3, -0.25) is 4.90 Å². The minimum Gasteiger partial charge on any atom is -0.379 e. The number of rotatable bonds is 2. The third-order valence-corrected chi connectivity index (χ3v) is 1.93. The fourth-order valence-electron chi connectivity index (χ4n) is 1.17. The van der Waals surface area contributed by atoms with E-state index in [1.165, 1.54) is 0 Å². The van der Waals surface area contributed by atoms with Crippen LogP contribution in [-0.4, -0.2) is 37.4 Å². The zero-order valence-corrected chi connectivity index (χ0v) is 6.55. The molecule has 1 unspecified atom stereocenters. The molecule has 1 saturated heterocycles. The largest absolute Gasteiger partial charge is 0.379 e. The van der Waals surface area contributed by atoms with Gasteiger partial charge in [-0.15, -0.1) is 0 Å². The molecule has 1 aliphatic heterocycles. The van der Waals surface area contributed by atoms with E-state index < -0.39 is 0 Å². The summed E-state index contributed by atoms with van der Waals surface area (Å²) in [4.78, 5) is 2.27. The molecule has 1 atom stereocenters. The lowest BCUT2D eigenvalue weighted by Crippen LogP contribution is -2.47. The predicted molar refractivity (Wildman–Crippen MR) is 40.7 cm³/mol. The van der Waals surface area contributed by atoms with Gasteiger partial charge in [0, 0.05) is 13.1 Å². The Hall–Kier alpha value is -0.120. The van der Waals surface area contributed by atoms with Crippen LogP contribution in [0.15, 0.2) is 0 Å². The first kappa shape index (κ1) is 7.98. The van der Waals surface area contributed by atoms with E-state index in [0.717, 1.165) is 32.7 Å². The summed E-state index contributed by atoms with van der Waals surface area (Å²) in [5, 5.41) is 0. The van der Waals surface area contributed by atoms with E-state index in [1.807, 2.05) is 0 Å². The molecule has 1 rings (SSSR count). The molecule has 1 heterocycles. The van der Waals surface area contributed by atoms with Crippen molar-refractivity contribution in [1.82, 2.24) is 4.90 Å². The molecule has 1 fully saturated rings. The van der Waals surface area contributed by atoms with E-state index >= 15 is 0 Å². The smallest absolute Gasteiger partial charge is 0.0594 e. The highest BCUT2D eigenvalue weighted by atomic mass is 16.5. The van der Waals surface area contributed by atoms with Gasteiger partial charge in [0.25, 0.3) is 0 Å². The van der Waals surface area contributed by atoms with Crippen LogP contribution in [0.4, 0.5) is 0 Å². The van der Waals surface area contributed by atoms with E-state index in [-0.39, 0.29) is 6.17 Å². The SMILES string of the molecule is CCC(N)N1CCOCC1. The van der Waals surface area contributed by atoms with Crippen LogP contribution < -0.4 is 5.73 Å². The number of morpholine rings is 1. The highest BCUT2D eigenvalue weighted by Crippen LogP contribution is 2.01. The van der Waals surface area contributed by atoms with Gasteiger partial charge in [-0.1, -0.05) is 6.92 Å². The van der Waals surface area contributed by atoms with Crippen molar-refractivity contribution in [2.24, 2.45) is 5.73 Å². The predicted octanol–water partition coefficient (Wildman–Crippen LogP) is 0.0134. The van der Waals surface area contributed by atoms with Crippen molar-refractivity contribution in [2.45, 2.75) is 19.5 Å². The number of ether oxygens (including phenoxy) is 1. The Kier molecular flexibility index (Phi) is 3.12. The lowest BCUT2D eigenvalue weighted by molar-refractivity contribution is 0.0171. The quantitative estimate of drug-likeness (QED) is 0.593. The third kappa shape index (κ3) is 1.94. The summed E-state index contributed by atoms with van der Waals surface area (Å²) in [6, 6.07) is 0. The van der Waals surface area contributed by atoms with Crippen molar-refractivity contribution in [3.63, 3.8) is 0 Å². The molecule has 1 aliphatic rings. The van der Waals surface area contributed by atoms with Gasteiger partial charge in [-0.25, -0.2) is 0 Å². The minimum absolute atomic E-state index is 0.240. The first-order valence-corrected chi connectivity index (χ1v) is 3.92. The molecule has 60 valence electrons. The lowest BCUT2D eigenvalue weighted by Gasteiger charge is -2.31. The van der Waals surface area contributed by atoms with Crippen LogP contribution in [0.2, 0.25) is 0 Å². The van der Waals surface area contributed by atoms with Gasteiger partial charge in [0.05, 0.1) is 19.4 Å². The third-order valence-electron chi connectivity index (χ3n) is 1.93. The van der Waals surface area contributed by atoms with Crippen molar-refractivity contribution < 1.29 is 4.74 Å². The fraction of sp³-hybridized carbons (Fsp3) is 1.00. The molecule has 0 bridgehead atoms. The van der Waals surface area contributed by atoms with Crippen molar-refractivity contribution in [3.8, 4) is 0 Å². The molecule has 0 radical (unpaired) electrons. The second-order valence-corrected chi connectivity index (χ2v) is 2.62. The molecule has 0 aromatic carbocycles. The maximum absolute atomic E-state index is 5.82. The first-order valence-electron chi connectivity index (χ1n) is 3.92. The van der Waals surface area contributed by atoms with Crippen LogP contribution in [0, 0.1) is 0 Å². The molecule has 2 N–H and O–H groups in total. The van der Waals surface area contributed by atoms with E-state index in [9.17, 15) is 0 Å². The maximum Gasteiger partial charge on any atom is 0.0594 e. The van der Waals surface area contributed by atoms with Gasteiger partial charge in [0.15, 0.2) is 0 Å². The zero-order chi connectivity index (χ0) is 7.40. The lowest BCUT2D eigenvalue weighted by atomic mass is 10.3. The van der Waals surface area contributed by atoms with E-state index in [1.54, 1.807) is 0 Å². The van der Waals surface area contributed by atoms with Crippen LogP contribution >= 0.6 is 0 Å². The van der Waals surface area contributed by atoms with Gasteiger partial charge in [0.1, 0.15) is 0 Å². The summed E-state index contributed by atoms with van der Waals surface area (Å²) in [5.74, 6) is 0. The molecule has 0 aliphatic carbocycles. The van der Waals surface area contributed by atoms with E-state index in [2.05, 4.69) is 11.8 Å². The average molecular weight is 144 g/mol. The number of nitrogens with two attached hydrogens (primary N) is 1. The molecule has 0 aromatic rings. The standard InChI is InChI=1S/C7H16N2O/c1-2-7(8)9-3-5-10-6-4-9/h7H,2-6,8H2,1H3. The normalized spacial score (nSPS) is 24.6. The Labute approximate surface area is 62.1 Å². The molecule has 0 aromatic heterocycles.